The van der Waals surface area contributed by atoms with Crippen LogP contribution in [0.3, 0.4) is 0 Å². The van der Waals surface area contributed by atoms with Crippen molar-refractivity contribution < 1.29 is 18.4 Å². The van der Waals surface area contributed by atoms with Gasteiger partial charge in [0.1, 0.15) is 22.7 Å². The number of nitrogens with one attached hydrogen (secondary N) is 1. The van der Waals surface area contributed by atoms with Crippen LogP contribution in [-0.2, 0) is 11.2 Å². The Kier molecular flexibility index (Phi) is 5.64. The first-order valence-corrected chi connectivity index (χ1v) is 11.0. The van der Waals surface area contributed by atoms with E-state index in [0.29, 0.717) is 28.2 Å². The number of furan rings is 1. The molecule has 0 atom stereocenters. The summed E-state index contributed by atoms with van der Waals surface area (Å²) < 4.78 is 16.8. The Labute approximate surface area is 195 Å². The van der Waals surface area contributed by atoms with Gasteiger partial charge in [0.2, 0.25) is 5.91 Å². The molecule has 0 fully saturated rings. The Morgan fingerprint density at radius 2 is 1.65 bits per heavy atom. The van der Waals surface area contributed by atoms with E-state index in [4.69, 9.17) is 13.6 Å². The largest absolute Gasteiger partial charge is 0.464 e. The standard InChI is InChI=1S/C28H23NO5/c1-17-16-32-25-15-26-24(14-23(17)25)18(2)22(28(31)34-26)12-13-27(30)29-19-8-10-21(11-9-19)33-20-6-4-3-5-7-20/h3-11,14-16H,12-13H2,1-2H3,(H,29,30). The van der Waals surface area contributed by atoms with Crippen molar-refractivity contribution in [2.75, 3.05) is 5.32 Å². The van der Waals surface area contributed by atoms with Crippen molar-refractivity contribution in [1.29, 1.82) is 0 Å². The van der Waals surface area contributed by atoms with Crippen molar-refractivity contribution in [1.82, 2.24) is 0 Å². The maximum absolute atomic E-state index is 12.6. The van der Waals surface area contributed by atoms with Crippen molar-refractivity contribution in [2.24, 2.45) is 0 Å². The van der Waals surface area contributed by atoms with Crippen molar-refractivity contribution >= 4 is 33.5 Å². The highest BCUT2D eigenvalue weighted by atomic mass is 16.5. The Balaban J connectivity index is 1.27. The quantitative estimate of drug-likeness (QED) is 0.296. The number of carbonyl (C=O) groups excluding carboxylic acids is 1. The number of fused-ring (bicyclic) bond motifs is 2. The molecule has 0 bridgehead atoms. The summed E-state index contributed by atoms with van der Waals surface area (Å²) in [5.41, 5.74) is 3.74. The summed E-state index contributed by atoms with van der Waals surface area (Å²) in [5.74, 6) is 1.24. The normalized spacial score (nSPS) is 11.1. The van der Waals surface area contributed by atoms with Gasteiger partial charge in [0.25, 0.3) is 0 Å². The van der Waals surface area contributed by atoms with E-state index in [1.54, 1.807) is 36.6 Å². The number of hydrogen-bond donors (Lipinski definition) is 1. The minimum Gasteiger partial charge on any atom is -0.464 e. The van der Waals surface area contributed by atoms with Gasteiger partial charge in [-0.2, -0.15) is 0 Å². The van der Waals surface area contributed by atoms with Crippen LogP contribution in [0.2, 0.25) is 0 Å². The number of aryl methyl sites for hydroxylation is 2. The first-order valence-electron chi connectivity index (χ1n) is 11.0. The van der Waals surface area contributed by atoms with Crippen molar-refractivity contribution in [3.05, 3.63) is 100 Å². The Morgan fingerprint density at radius 3 is 2.41 bits per heavy atom. The highest BCUT2D eigenvalue weighted by Crippen LogP contribution is 2.29. The number of benzene rings is 3. The highest BCUT2D eigenvalue weighted by Gasteiger charge is 2.15. The average molecular weight is 453 g/mol. The molecule has 0 unspecified atom stereocenters. The van der Waals surface area contributed by atoms with Crippen LogP contribution < -0.4 is 15.7 Å². The Bertz CT molecular complexity index is 1550. The first kappa shape index (κ1) is 21.5. The summed E-state index contributed by atoms with van der Waals surface area (Å²) in [5, 5.41) is 4.70. The van der Waals surface area contributed by atoms with Crippen LogP contribution in [-0.4, -0.2) is 5.91 Å². The summed E-state index contributed by atoms with van der Waals surface area (Å²) in [7, 11) is 0. The number of ether oxygens (including phenoxy) is 1. The van der Waals surface area contributed by atoms with Gasteiger partial charge in [-0.05, 0) is 73.9 Å². The van der Waals surface area contributed by atoms with E-state index >= 15 is 0 Å². The fraction of sp³-hybridized carbons (Fsp3) is 0.143. The maximum Gasteiger partial charge on any atom is 0.339 e. The van der Waals surface area contributed by atoms with E-state index in [1.807, 2.05) is 50.2 Å². The molecule has 2 aromatic heterocycles. The molecule has 0 aliphatic heterocycles. The summed E-state index contributed by atoms with van der Waals surface area (Å²) in [4.78, 5) is 25.2. The zero-order valence-electron chi connectivity index (χ0n) is 18.9. The smallest absolute Gasteiger partial charge is 0.339 e. The van der Waals surface area contributed by atoms with E-state index in [-0.39, 0.29) is 18.7 Å². The van der Waals surface area contributed by atoms with Crippen LogP contribution in [0.4, 0.5) is 5.69 Å². The van der Waals surface area contributed by atoms with Crippen LogP contribution in [0, 0.1) is 13.8 Å². The topological polar surface area (TPSA) is 81.7 Å². The number of para-hydroxylation sites is 1. The lowest BCUT2D eigenvalue weighted by molar-refractivity contribution is -0.116. The molecule has 6 nitrogen and oxygen atoms in total. The van der Waals surface area contributed by atoms with Crippen LogP contribution in [0.1, 0.15) is 23.1 Å². The van der Waals surface area contributed by atoms with Crippen LogP contribution in [0.25, 0.3) is 21.9 Å². The molecule has 34 heavy (non-hydrogen) atoms. The van der Waals surface area contributed by atoms with Gasteiger partial charge in [-0.3, -0.25) is 4.79 Å². The molecule has 1 N–H and O–H groups in total. The molecule has 0 saturated carbocycles. The summed E-state index contributed by atoms with van der Waals surface area (Å²) in [6.07, 6.45) is 2.13. The second-order valence-electron chi connectivity index (χ2n) is 8.24. The Morgan fingerprint density at radius 1 is 0.912 bits per heavy atom. The number of carbonyl (C=O) groups is 1. The molecule has 0 aliphatic rings. The van der Waals surface area contributed by atoms with Gasteiger partial charge in [0.15, 0.2) is 0 Å². The van der Waals surface area contributed by atoms with Crippen LogP contribution in [0.15, 0.2) is 86.6 Å². The molecular weight excluding hydrogens is 430 g/mol. The van der Waals surface area contributed by atoms with Gasteiger partial charge >= 0.3 is 5.63 Å². The summed E-state index contributed by atoms with van der Waals surface area (Å²) >= 11 is 0. The third kappa shape index (κ3) is 4.30. The molecule has 5 aromatic rings. The lowest BCUT2D eigenvalue weighted by atomic mass is 10.0. The predicted molar refractivity (Wildman–Crippen MR) is 132 cm³/mol. The van der Waals surface area contributed by atoms with E-state index < -0.39 is 5.63 Å². The third-order valence-corrected chi connectivity index (χ3v) is 5.89. The van der Waals surface area contributed by atoms with E-state index in [9.17, 15) is 9.59 Å². The lowest BCUT2D eigenvalue weighted by Crippen LogP contribution is -2.16. The molecule has 3 aromatic carbocycles. The molecule has 0 aliphatic carbocycles. The number of rotatable bonds is 6. The predicted octanol–water partition coefficient (Wildman–Crippen LogP) is 6.52. The molecular formula is C28H23NO5. The van der Waals surface area contributed by atoms with Crippen molar-refractivity contribution in [3.63, 3.8) is 0 Å². The minimum atomic E-state index is -0.428. The highest BCUT2D eigenvalue weighted by molar-refractivity contribution is 5.96. The molecule has 2 heterocycles. The zero-order chi connectivity index (χ0) is 23.7. The number of hydrogen-bond acceptors (Lipinski definition) is 5. The zero-order valence-corrected chi connectivity index (χ0v) is 18.9. The van der Waals surface area contributed by atoms with Gasteiger partial charge in [0.05, 0.1) is 6.26 Å². The second-order valence-corrected chi connectivity index (χ2v) is 8.24. The third-order valence-electron chi connectivity index (χ3n) is 5.89. The fourth-order valence-corrected chi connectivity index (χ4v) is 4.02. The molecule has 5 rings (SSSR count). The minimum absolute atomic E-state index is 0.159. The SMILES string of the molecule is Cc1coc2cc3oc(=O)c(CCC(=O)Nc4ccc(Oc5ccccc5)cc4)c(C)c3cc12. The summed E-state index contributed by atoms with van der Waals surface area (Å²) in [6, 6.07) is 20.4. The van der Waals surface area contributed by atoms with Crippen molar-refractivity contribution in [2.45, 2.75) is 26.7 Å². The van der Waals surface area contributed by atoms with E-state index in [2.05, 4.69) is 5.32 Å². The molecule has 0 saturated heterocycles. The summed E-state index contributed by atoms with van der Waals surface area (Å²) in [6.45, 7) is 3.86. The van der Waals surface area contributed by atoms with Gasteiger partial charge in [-0.15, -0.1) is 0 Å². The lowest BCUT2D eigenvalue weighted by Gasteiger charge is -2.10. The second kappa shape index (κ2) is 8.90. The molecule has 170 valence electrons. The van der Waals surface area contributed by atoms with Crippen LogP contribution in [0.5, 0.6) is 11.5 Å². The molecule has 1 amide bonds. The van der Waals surface area contributed by atoms with Crippen molar-refractivity contribution in [3.8, 4) is 11.5 Å². The van der Waals surface area contributed by atoms with E-state index in [1.165, 1.54) is 0 Å². The monoisotopic (exact) mass is 453 g/mol. The number of anilines is 1. The molecule has 6 heteroatoms. The van der Waals surface area contributed by atoms with E-state index in [0.717, 1.165) is 27.6 Å². The Hall–Kier alpha value is -4.32. The van der Waals surface area contributed by atoms with Gasteiger partial charge in [-0.25, -0.2) is 4.79 Å². The average Bonchev–Trinajstić information content (AvgIpc) is 3.19. The molecule has 0 radical (unpaired) electrons. The van der Waals surface area contributed by atoms with Gasteiger partial charge in [0, 0.05) is 34.5 Å². The first-order chi connectivity index (χ1) is 16.5. The maximum atomic E-state index is 12.6. The van der Waals surface area contributed by atoms with Crippen LogP contribution >= 0.6 is 0 Å². The van der Waals surface area contributed by atoms with Gasteiger partial charge in [-0.1, -0.05) is 18.2 Å². The fourth-order valence-electron chi connectivity index (χ4n) is 4.02. The molecule has 0 spiro atoms. The number of amides is 1. The van der Waals surface area contributed by atoms with Gasteiger partial charge < -0.3 is 18.9 Å².